The Morgan fingerprint density at radius 2 is 1.67 bits per heavy atom. The van der Waals surface area contributed by atoms with Gasteiger partial charge in [0.25, 0.3) is 5.92 Å². The zero-order chi connectivity index (χ0) is 12.1. The number of rotatable bonds is 2. The van der Waals surface area contributed by atoms with Crippen molar-refractivity contribution in [2.75, 3.05) is 0 Å². The molecule has 1 aromatic carbocycles. The maximum absolute atomic E-state index is 12.9. The molecule has 0 aliphatic carbocycles. The van der Waals surface area contributed by atoms with Crippen LogP contribution in [0.25, 0.3) is 0 Å². The number of benzene rings is 1. The Balaban J connectivity index is 0. The average molecular weight is 218 g/mol. The third-order valence-electron chi connectivity index (χ3n) is 1.71. The predicted molar refractivity (Wildman–Crippen MR) is 59.3 cm³/mol. The molecule has 0 aliphatic heterocycles. The Hall–Kier alpha value is -0.935. The second-order valence-electron chi connectivity index (χ2n) is 2.85. The molecule has 0 spiro atoms. The fourth-order valence-corrected chi connectivity index (χ4v) is 1.12. The second-order valence-corrected chi connectivity index (χ2v) is 2.85. The first-order valence-corrected chi connectivity index (χ1v) is 4.76. The highest BCUT2D eigenvalue weighted by molar-refractivity contribution is 6.59. The topological polar surface area (TPSA) is 40.5 Å². The van der Waals surface area contributed by atoms with E-state index >= 15 is 0 Å². The molecule has 0 aromatic heterocycles. The van der Waals surface area contributed by atoms with Crippen LogP contribution in [-0.2, 0) is 5.92 Å². The van der Waals surface area contributed by atoms with E-state index in [2.05, 4.69) is 0 Å². The van der Waals surface area contributed by atoms with Gasteiger partial charge in [0.05, 0.1) is 0 Å². The minimum atomic E-state index is -3.06. The van der Waals surface area contributed by atoms with Gasteiger partial charge < -0.3 is 10.0 Å². The van der Waals surface area contributed by atoms with E-state index in [0.717, 1.165) is 0 Å². The highest BCUT2D eigenvalue weighted by atomic mass is 19.3. The highest BCUT2D eigenvalue weighted by Gasteiger charge is 2.30. The third-order valence-corrected chi connectivity index (χ3v) is 1.71. The van der Waals surface area contributed by atoms with Crippen LogP contribution >= 0.6 is 0 Å². The van der Waals surface area contributed by atoms with Crippen molar-refractivity contribution in [1.82, 2.24) is 0 Å². The molecule has 0 saturated heterocycles. The van der Waals surface area contributed by atoms with Crippen LogP contribution in [0.3, 0.4) is 0 Å². The molecule has 5 heteroatoms. The van der Waals surface area contributed by atoms with Crippen LogP contribution in [0.1, 0.15) is 27.8 Å². The van der Waals surface area contributed by atoms with Gasteiger partial charge in [-0.05, 0) is 5.46 Å². The molecule has 0 fully saturated rings. The molecule has 1 rings (SSSR count). The fraction of sp³-hybridized carbons (Fsp3) is 0.400. The minimum absolute atomic E-state index is 0. The highest BCUT2D eigenvalue weighted by Crippen LogP contribution is 2.25. The zero-order valence-electron chi connectivity index (χ0n) is 9.04. The molecule has 0 atom stereocenters. The van der Waals surface area contributed by atoms with E-state index in [-0.39, 0.29) is 12.5 Å². The van der Waals surface area contributed by atoms with E-state index in [4.69, 9.17) is 10.0 Å². The summed E-state index contributed by atoms with van der Waals surface area (Å²) in [6.07, 6.45) is 0. The fourth-order valence-electron chi connectivity index (χ4n) is 1.12. The Kier molecular flexibility index (Phi) is 5.46. The molecule has 86 valence electrons. The molecule has 1 aromatic rings. The van der Waals surface area contributed by atoms with E-state index < -0.39 is 13.0 Å². The molecule has 0 aliphatic rings. The first-order valence-electron chi connectivity index (χ1n) is 4.76. The Morgan fingerprint density at radius 3 is 2.00 bits per heavy atom. The van der Waals surface area contributed by atoms with E-state index in [1.165, 1.54) is 24.3 Å². The smallest absolute Gasteiger partial charge is 0.423 e. The van der Waals surface area contributed by atoms with Crippen LogP contribution < -0.4 is 5.46 Å². The summed E-state index contributed by atoms with van der Waals surface area (Å²) in [6.45, 7) is 4.72. The largest absolute Gasteiger partial charge is 0.488 e. The lowest BCUT2D eigenvalue weighted by molar-refractivity contribution is 0.0183. The van der Waals surface area contributed by atoms with Crippen LogP contribution in [-0.4, -0.2) is 17.2 Å². The number of alkyl halides is 2. The molecule has 0 heterocycles. The quantitative estimate of drug-likeness (QED) is 0.742. The Morgan fingerprint density at radius 1 is 1.20 bits per heavy atom. The van der Waals surface area contributed by atoms with Gasteiger partial charge in [0.2, 0.25) is 0 Å². The molecule has 2 nitrogen and oxygen atoms in total. The van der Waals surface area contributed by atoms with Gasteiger partial charge in [0.1, 0.15) is 0 Å². The number of hydrogen-bond donors (Lipinski definition) is 2. The first-order chi connectivity index (χ1) is 6.93. The van der Waals surface area contributed by atoms with Crippen molar-refractivity contribution < 1.29 is 20.3 Å². The molecular weight excluding hydrogens is 201 g/mol. The van der Waals surface area contributed by atoms with Gasteiger partial charge in [0, 0.05) is 13.9 Å². The van der Waals surface area contributed by atoms with E-state index in [1.54, 1.807) is 0 Å². The van der Waals surface area contributed by atoms with Crippen molar-refractivity contribution in [3.8, 4) is 0 Å². The average Bonchev–Trinajstić information content (AvgIpc) is 2.19. The van der Waals surface area contributed by atoms with E-state index in [1.807, 2.05) is 13.8 Å². The lowest BCUT2D eigenvalue weighted by atomic mass is 9.76. The standard InChI is InChI=1S/C8H9BF2O2.C2H6.H2/c1-8(10,11)6-4-2-3-5-7(6)9(12)13;1-2;/h2-5,12-13H,1H3;1-2H3;1H. The van der Waals surface area contributed by atoms with Crippen LogP contribution in [0.15, 0.2) is 24.3 Å². The van der Waals surface area contributed by atoms with Gasteiger partial charge in [-0.25, -0.2) is 8.78 Å². The summed E-state index contributed by atoms with van der Waals surface area (Å²) < 4.78 is 25.7. The predicted octanol–water partition coefficient (Wildman–Crippen LogP) is 1.75. The van der Waals surface area contributed by atoms with Gasteiger partial charge in [0.15, 0.2) is 0 Å². The Labute approximate surface area is 90.2 Å². The normalized spacial score (nSPS) is 10.3. The van der Waals surface area contributed by atoms with Gasteiger partial charge >= 0.3 is 7.12 Å². The van der Waals surface area contributed by atoms with Crippen molar-refractivity contribution >= 4 is 12.6 Å². The van der Waals surface area contributed by atoms with Crippen molar-refractivity contribution in [1.29, 1.82) is 0 Å². The van der Waals surface area contributed by atoms with Crippen LogP contribution in [0.5, 0.6) is 0 Å². The molecule has 0 bridgehead atoms. The summed E-state index contributed by atoms with van der Waals surface area (Å²) in [6, 6.07) is 5.34. The van der Waals surface area contributed by atoms with Crippen molar-refractivity contribution in [2.45, 2.75) is 26.7 Å². The van der Waals surface area contributed by atoms with Crippen LogP contribution in [0.4, 0.5) is 8.78 Å². The molecule has 0 amide bonds. The minimum Gasteiger partial charge on any atom is -0.423 e. The Bertz CT molecular complexity index is 303. The summed E-state index contributed by atoms with van der Waals surface area (Å²) in [5.74, 6) is -3.06. The van der Waals surface area contributed by atoms with E-state index in [0.29, 0.717) is 6.92 Å². The lowest BCUT2D eigenvalue weighted by Gasteiger charge is -2.14. The molecule has 15 heavy (non-hydrogen) atoms. The van der Waals surface area contributed by atoms with Gasteiger partial charge in [-0.1, -0.05) is 38.1 Å². The molecule has 0 saturated carbocycles. The molecule has 2 N–H and O–H groups in total. The molecule has 0 unspecified atom stereocenters. The van der Waals surface area contributed by atoms with Gasteiger partial charge in [-0.3, -0.25) is 0 Å². The maximum atomic E-state index is 12.9. The van der Waals surface area contributed by atoms with Crippen LogP contribution in [0.2, 0.25) is 0 Å². The summed E-state index contributed by atoms with van der Waals surface area (Å²) >= 11 is 0. The third kappa shape index (κ3) is 3.97. The van der Waals surface area contributed by atoms with E-state index in [9.17, 15) is 8.78 Å². The summed E-state index contributed by atoms with van der Waals surface area (Å²) in [5.41, 5.74) is -0.514. The SMILES string of the molecule is CC.CC(F)(F)c1ccccc1B(O)O.[HH]. The van der Waals surface area contributed by atoms with Crippen molar-refractivity contribution in [2.24, 2.45) is 0 Å². The second kappa shape index (κ2) is 5.83. The van der Waals surface area contributed by atoms with Crippen LogP contribution in [0, 0.1) is 0 Å². The van der Waals surface area contributed by atoms with Crippen molar-refractivity contribution in [3.63, 3.8) is 0 Å². The number of halogens is 2. The monoisotopic (exact) mass is 218 g/mol. The van der Waals surface area contributed by atoms with Crippen molar-refractivity contribution in [3.05, 3.63) is 29.8 Å². The zero-order valence-corrected chi connectivity index (χ0v) is 9.04. The first kappa shape index (κ1) is 14.1. The van der Waals surface area contributed by atoms with Gasteiger partial charge in [-0.15, -0.1) is 0 Å². The molecular formula is C10H17BF2O2. The summed E-state index contributed by atoms with van der Waals surface area (Å²) in [4.78, 5) is 0. The van der Waals surface area contributed by atoms with Gasteiger partial charge in [-0.2, -0.15) is 0 Å². The number of hydrogen-bond acceptors (Lipinski definition) is 2. The molecule has 0 radical (unpaired) electrons. The lowest BCUT2D eigenvalue weighted by Crippen LogP contribution is -2.36. The summed E-state index contributed by atoms with van der Waals surface area (Å²) in [5, 5.41) is 17.6. The maximum Gasteiger partial charge on any atom is 0.488 e. The summed E-state index contributed by atoms with van der Waals surface area (Å²) in [7, 11) is -1.86.